The van der Waals surface area contributed by atoms with E-state index in [4.69, 9.17) is 0 Å². The Kier molecular flexibility index (Phi) is 9.76. The molecule has 0 saturated heterocycles. The van der Waals surface area contributed by atoms with Crippen molar-refractivity contribution in [2.45, 2.75) is 59.5 Å². The number of urea groups is 1. The molecule has 2 aromatic rings. The van der Waals surface area contributed by atoms with Crippen LogP contribution in [0.2, 0.25) is 0 Å². The third-order valence-corrected chi connectivity index (χ3v) is 6.14. The summed E-state index contributed by atoms with van der Waals surface area (Å²) in [5, 5.41) is 5.65. The van der Waals surface area contributed by atoms with Crippen LogP contribution >= 0.6 is 0 Å². The monoisotopic (exact) mass is 452 g/mol. The molecule has 6 heteroatoms. The number of hydrogen-bond acceptors (Lipinski definition) is 3. The lowest BCUT2D eigenvalue weighted by Crippen LogP contribution is -2.43. The zero-order valence-electron chi connectivity index (χ0n) is 21.2. The van der Waals surface area contributed by atoms with Gasteiger partial charge in [-0.2, -0.15) is 0 Å². The maximum absolute atomic E-state index is 13.9. The highest BCUT2D eigenvalue weighted by atomic mass is 16.2. The molecule has 2 rings (SSSR count). The largest absolute Gasteiger partial charge is 0.377 e. The zero-order chi connectivity index (χ0) is 24.5. The molecule has 2 N–H and O–H groups in total. The van der Waals surface area contributed by atoms with Crippen molar-refractivity contribution >= 4 is 23.3 Å². The third kappa shape index (κ3) is 6.98. The summed E-state index contributed by atoms with van der Waals surface area (Å²) < 4.78 is 0. The number of anilines is 2. The predicted molar refractivity (Wildman–Crippen MR) is 138 cm³/mol. The number of carbonyl (C=O) groups excluding carboxylic acids is 2. The van der Waals surface area contributed by atoms with Crippen LogP contribution in [0.15, 0.2) is 48.5 Å². The number of rotatable bonds is 10. The van der Waals surface area contributed by atoms with Gasteiger partial charge >= 0.3 is 6.03 Å². The molecule has 0 radical (unpaired) electrons. The fourth-order valence-corrected chi connectivity index (χ4v) is 3.97. The molecule has 0 aromatic heterocycles. The fourth-order valence-electron chi connectivity index (χ4n) is 3.97. The summed E-state index contributed by atoms with van der Waals surface area (Å²) in [5.74, 6) is 0.255. The van der Waals surface area contributed by atoms with Crippen molar-refractivity contribution < 1.29 is 9.59 Å². The van der Waals surface area contributed by atoms with Crippen molar-refractivity contribution in [1.29, 1.82) is 0 Å². The first-order chi connectivity index (χ1) is 15.7. The van der Waals surface area contributed by atoms with Gasteiger partial charge in [-0.05, 0) is 55.5 Å². The van der Waals surface area contributed by atoms with Crippen molar-refractivity contribution in [2.75, 3.05) is 30.9 Å². The molecule has 0 bridgehead atoms. The van der Waals surface area contributed by atoms with E-state index in [-0.39, 0.29) is 23.9 Å². The number of nitrogens with zero attached hydrogens (tertiary/aromatic N) is 2. The molecule has 33 heavy (non-hydrogen) atoms. The Morgan fingerprint density at radius 3 is 2.18 bits per heavy atom. The van der Waals surface area contributed by atoms with Gasteiger partial charge in [-0.25, -0.2) is 4.79 Å². The lowest BCUT2D eigenvalue weighted by molar-refractivity contribution is -0.136. The highest BCUT2D eigenvalue weighted by molar-refractivity contribution is 5.90. The fraction of sp³-hybridized carbons (Fsp3) is 0.481. The van der Waals surface area contributed by atoms with E-state index in [0.29, 0.717) is 24.7 Å². The molecule has 6 nitrogen and oxygen atoms in total. The second kappa shape index (κ2) is 12.3. The van der Waals surface area contributed by atoms with Gasteiger partial charge in [-0.1, -0.05) is 51.1 Å². The minimum absolute atomic E-state index is 0.0604. The molecule has 0 aliphatic rings. The summed E-state index contributed by atoms with van der Waals surface area (Å²) in [6, 6.07) is 15.7. The van der Waals surface area contributed by atoms with Crippen LogP contribution in [0.5, 0.6) is 0 Å². The molecule has 180 valence electrons. The normalized spacial score (nSPS) is 12.7. The summed E-state index contributed by atoms with van der Waals surface area (Å²) in [5.41, 5.74) is 3.78. The number of amides is 3. The molecular formula is C27H40N4O2. The highest BCUT2D eigenvalue weighted by Gasteiger charge is 2.30. The topological polar surface area (TPSA) is 64.7 Å². The van der Waals surface area contributed by atoms with Gasteiger partial charge in [0.15, 0.2) is 0 Å². The predicted octanol–water partition coefficient (Wildman–Crippen LogP) is 5.46. The van der Waals surface area contributed by atoms with E-state index in [1.165, 1.54) is 0 Å². The summed E-state index contributed by atoms with van der Waals surface area (Å²) in [6.07, 6.45) is 0.740. The van der Waals surface area contributed by atoms with Gasteiger partial charge in [0.2, 0.25) is 5.91 Å². The maximum atomic E-state index is 13.9. The molecule has 3 amide bonds. The Morgan fingerprint density at radius 1 is 0.970 bits per heavy atom. The SMILES string of the molecule is CCNC(=O)Nc1ccc(N(C)C)c(CN(C(=O)[C@@H](CC)c2ccccc2)[C@@H](C)C(C)C)c1. The van der Waals surface area contributed by atoms with E-state index in [9.17, 15) is 9.59 Å². The molecule has 0 saturated carbocycles. The van der Waals surface area contributed by atoms with Gasteiger partial charge in [0.05, 0.1) is 5.92 Å². The van der Waals surface area contributed by atoms with Crippen molar-refractivity contribution in [1.82, 2.24) is 10.2 Å². The Bertz CT molecular complexity index is 912. The lowest BCUT2D eigenvalue weighted by atomic mass is 9.92. The van der Waals surface area contributed by atoms with E-state index in [2.05, 4.69) is 38.3 Å². The number of carbonyl (C=O) groups is 2. The summed E-state index contributed by atoms with van der Waals surface area (Å²) in [6.45, 7) is 11.4. The van der Waals surface area contributed by atoms with E-state index >= 15 is 0 Å². The van der Waals surface area contributed by atoms with E-state index in [0.717, 1.165) is 23.2 Å². The Balaban J connectivity index is 2.44. The van der Waals surface area contributed by atoms with E-state index in [1.807, 2.05) is 79.3 Å². The summed E-state index contributed by atoms with van der Waals surface area (Å²) in [4.78, 5) is 30.0. The third-order valence-electron chi connectivity index (χ3n) is 6.14. The highest BCUT2D eigenvalue weighted by Crippen LogP contribution is 2.30. The Morgan fingerprint density at radius 2 is 1.64 bits per heavy atom. The molecule has 2 atom stereocenters. The Labute approximate surface area is 199 Å². The average Bonchev–Trinajstić information content (AvgIpc) is 2.78. The van der Waals surface area contributed by atoms with Crippen molar-refractivity contribution in [3.63, 3.8) is 0 Å². The molecule has 0 unspecified atom stereocenters. The van der Waals surface area contributed by atoms with Gasteiger partial charge < -0.3 is 20.4 Å². The first kappa shape index (κ1) is 26.2. The van der Waals surface area contributed by atoms with Crippen LogP contribution in [0, 0.1) is 5.92 Å². The van der Waals surface area contributed by atoms with Gasteiger partial charge in [-0.15, -0.1) is 0 Å². The number of benzene rings is 2. The minimum atomic E-state index is -0.236. The smallest absolute Gasteiger partial charge is 0.319 e. The second-order valence-electron chi connectivity index (χ2n) is 9.04. The van der Waals surface area contributed by atoms with Gasteiger partial charge in [-0.3, -0.25) is 4.79 Å². The molecule has 0 heterocycles. The zero-order valence-corrected chi connectivity index (χ0v) is 21.2. The van der Waals surface area contributed by atoms with E-state index in [1.54, 1.807) is 0 Å². The second-order valence-corrected chi connectivity index (χ2v) is 9.04. The molecule has 2 aromatic carbocycles. The standard InChI is InChI=1S/C27H40N4O2/c1-8-24(21-13-11-10-12-14-21)26(32)31(20(5)19(3)4)18-22-17-23(29-27(33)28-9-2)15-16-25(22)30(6)7/h10-17,19-20,24H,8-9,18H2,1-7H3,(H2,28,29,33)/t20-,24-/m0/s1. The van der Waals surface area contributed by atoms with Gasteiger partial charge in [0.1, 0.15) is 0 Å². The molecule has 0 fully saturated rings. The minimum Gasteiger partial charge on any atom is -0.377 e. The van der Waals surface area contributed by atoms with Gasteiger partial charge in [0, 0.05) is 44.6 Å². The molecule has 0 aliphatic carbocycles. The quantitative estimate of drug-likeness (QED) is 0.503. The van der Waals surface area contributed by atoms with Crippen molar-refractivity contribution in [3.05, 3.63) is 59.7 Å². The first-order valence-electron chi connectivity index (χ1n) is 11.9. The number of nitrogens with one attached hydrogen (secondary N) is 2. The van der Waals surface area contributed by atoms with Crippen LogP contribution in [0.4, 0.5) is 16.2 Å². The molecule has 0 spiro atoms. The van der Waals surface area contributed by atoms with Crippen molar-refractivity contribution in [2.24, 2.45) is 5.92 Å². The molecular weight excluding hydrogens is 412 g/mol. The summed E-state index contributed by atoms with van der Waals surface area (Å²) in [7, 11) is 3.99. The van der Waals surface area contributed by atoms with Crippen LogP contribution in [0.25, 0.3) is 0 Å². The van der Waals surface area contributed by atoms with Gasteiger partial charge in [0.25, 0.3) is 0 Å². The van der Waals surface area contributed by atoms with Crippen LogP contribution in [0.1, 0.15) is 58.1 Å². The van der Waals surface area contributed by atoms with Crippen LogP contribution in [0.3, 0.4) is 0 Å². The average molecular weight is 453 g/mol. The Hall–Kier alpha value is -3.02. The van der Waals surface area contributed by atoms with E-state index < -0.39 is 0 Å². The maximum Gasteiger partial charge on any atom is 0.319 e. The van der Waals surface area contributed by atoms with Crippen molar-refractivity contribution in [3.8, 4) is 0 Å². The van der Waals surface area contributed by atoms with Crippen LogP contribution in [-0.2, 0) is 11.3 Å². The van der Waals surface area contributed by atoms with Crippen LogP contribution < -0.4 is 15.5 Å². The first-order valence-corrected chi connectivity index (χ1v) is 11.9. The van der Waals surface area contributed by atoms with Crippen LogP contribution in [-0.4, -0.2) is 43.5 Å². The number of hydrogen-bond donors (Lipinski definition) is 2. The lowest BCUT2D eigenvalue weighted by Gasteiger charge is -2.36. The molecule has 0 aliphatic heterocycles. The summed E-state index contributed by atoms with van der Waals surface area (Å²) >= 11 is 0.